The Balaban J connectivity index is 2.38. The van der Waals surface area contributed by atoms with Crippen LogP contribution in [0.25, 0.3) is 0 Å². The first-order valence-corrected chi connectivity index (χ1v) is 7.60. The first-order valence-electron chi connectivity index (χ1n) is 7.60. The molecule has 0 amide bonds. The Kier molecular flexibility index (Phi) is 7.50. The fraction of sp³-hybridized carbons (Fsp3) is 0.867. The van der Waals surface area contributed by atoms with Gasteiger partial charge in [-0.15, -0.1) is 0 Å². The van der Waals surface area contributed by atoms with E-state index in [0.717, 1.165) is 19.1 Å². The largest absolute Gasteiger partial charge is 0.469 e. The van der Waals surface area contributed by atoms with Crippen molar-refractivity contribution in [3.63, 3.8) is 0 Å². The Morgan fingerprint density at radius 3 is 2.71 bits per heavy atom. The summed E-state index contributed by atoms with van der Waals surface area (Å²) < 4.78 is 10.4. The zero-order chi connectivity index (χ0) is 15.8. The van der Waals surface area contributed by atoms with Gasteiger partial charge in [0.1, 0.15) is 0 Å². The molecule has 1 heterocycles. The molecule has 0 bridgehead atoms. The summed E-state index contributed by atoms with van der Waals surface area (Å²) in [6, 6.07) is 0. The summed E-state index contributed by atoms with van der Waals surface area (Å²) in [6.45, 7) is 9.93. The number of rotatable bonds is 6. The first kappa shape index (κ1) is 17.8. The number of hydrogen-bond donors (Lipinski definition) is 1. The molecule has 1 N–H and O–H groups in total. The number of likely N-dealkylation sites (tertiary alicyclic amines) is 1. The topological polar surface area (TPSA) is 63.2 Å². The maximum Gasteiger partial charge on any atom is 0.310 e. The van der Waals surface area contributed by atoms with Crippen molar-refractivity contribution < 1.29 is 14.3 Å². The molecule has 2 unspecified atom stereocenters. The molecule has 1 fully saturated rings. The second kappa shape index (κ2) is 8.87. The number of carbonyl (C=O) groups is 1. The Labute approximate surface area is 127 Å². The van der Waals surface area contributed by atoms with Crippen molar-refractivity contribution in [3.8, 4) is 0 Å². The highest BCUT2D eigenvalue weighted by Gasteiger charge is 2.36. The van der Waals surface area contributed by atoms with Crippen molar-refractivity contribution >= 4 is 11.9 Å². The monoisotopic (exact) mass is 299 g/mol. The van der Waals surface area contributed by atoms with Crippen LogP contribution in [0.4, 0.5) is 0 Å². The van der Waals surface area contributed by atoms with E-state index < -0.39 is 0 Å². The number of carbonyl (C=O) groups excluding carboxylic acids is 1. The summed E-state index contributed by atoms with van der Waals surface area (Å²) in [7, 11) is 3.20. The molecule has 122 valence electrons. The van der Waals surface area contributed by atoms with Crippen LogP contribution in [0.3, 0.4) is 0 Å². The highest BCUT2D eigenvalue weighted by molar-refractivity contribution is 5.82. The van der Waals surface area contributed by atoms with E-state index >= 15 is 0 Å². The van der Waals surface area contributed by atoms with Gasteiger partial charge in [0.25, 0.3) is 0 Å². The molecule has 0 radical (unpaired) electrons. The van der Waals surface area contributed by atoms with Gasteiger partial charge in [-0.2, -0.15) is 0 Å². The van der Waals surface area contributed by atoms with Crippen LogP contribution in [0.15, 0.2) is 4.99 Å². The van der Waals surface area contributed by atoms with E-state index in [0.29, 0.717) is 25.6 Å². The van der Waals surface area contributed by atoms with Gasteiger partial charge in [-0.25, -0.2) is 0 Å². The van der Waals surface area contributed by atoms with Crippen LogP contribution in [-0.2, 0) is 14.3 Å². The number of esters is 1. The predicted octanol–water partition coefficient (Wildman–Crippen LogP) is 0.975. The minimum absolute atomic E-state index is 0.0780. The van der Waals surface area contributed by atoms with Crippen LogP contribution in [0.1, 0.15) is 20.8 Å². The molecule has 21 heavy (non-hydrogen) atoms. The predicted molar refractivity (Wildman–Crippen MR) is 83.3 cm³/mol. The van der Waals surface area contributed by atoms with Gasteiger partial charge in [0, 0.05) is 33.3 Å². The van der Waals surface area contributed by atoms with Crippen LogP contribution >= 0.6 is 0 Å². The van der Waals surface area contributed by atoms with Gasteiger partial charge in [0.05, 0.1) is 19.6 Å². The molecule has 1 rings (SSSR count). The minimum Gasteiger partial charge on any atom is -0.469 e. The maximum atomic E-state index is 11.7. The highest BCUT2D eigenvalue weighted by Crippen LogP contribution is 2.23. The van der Waals surface area contributed by atoms with E-state index in [1.807, 2.05) is 0 Å². The normalized spacial score (nSPS) is 22.8. The van der Waals surface area contributed by atoms with E-state index in [4.69, 9.17) is 9.47 Å². The van der Waals surface area contributed by atoms with Crippen LogP contribution < -0.4 is 5.32 Å². The van der Waals surface area contributed by atoms with Gasteiger partial charge in [-0.1, -0.05) is 20.8 Å². The Morgan fingerprint density at radius 1 is 1.43 bits per heavy atom. The molecular formula is C15H29N3O3. The molecule has 0 aromatic rings. The van der Waals surface area contributed by atoms with Gasteiger partial charge in [0.15, 0.2) is 5.96 Å². The number of hydrogen-bond acceptors (Lipinski definition) is 4. The fourth-order valence-corrected chi connectivity index (χ4v) is 2.48. The van der Waals surface area contributed by atoms with E-state index in [2.05, 4.69) is 36.0 Å². The van der Waals surface area contributed by atoms with E-state index in [1.54, 1.807) is 7.05 Å². The van der Waals surface area contributed by atoms with Crippen molar-refractivity contribution in [1.82, 2.24) is 10.2 Å². The van der Waals surface area contributed by atoms with Crippen molar-refractivity contribution in [2.75, 3.05) is 47.0 Å². The molecule has 0 aromatic heterocycles. The molecule has 1 aliphatic rings. The zero-order valence-corrected chi connectivity index (χ0v) is 13.9. The van der Waals surface area contributed by atoms with E-state index in [-0.39, 0.29) is 17.8 Å². The summed E-state index contributed by atoms with van der Waals surface area (Å²) in [6.07, 6.45) is 0. The average molecular weight is 299 g/mol. The number of nitrogens with zero attached hydrogens (tertiary/aromatic N) is 2. The molecule has 2 atom stereocenters. The van der Waals surface area contributed by atoms with Crippen LogP contribution in [0.2, 0.25) is 0 Å². The van der Waals surface area contributed by atoms with Crippen LogP contribution in [0, 0.1) is 17.8 Å². The van der Waals surface area contributed by atoms with Gasteiger partial charge in [-0.3, -0.25) is 9.79 Å². The molecule has 1 aliphatic heterocycles. The Hall–Kier alpha value is -1.30. The zero-order valence-electron chi connectivity index (χ0n) is 13.9. The van der Waals surface area contributed by atoms with Gasteiger partial charge >= 0.3 is 5.97 Å². The highest BCUT2D eigenvalue weighted by atomic mass is 16.5. The molecular weight excluding hydrogens is 270 g/mol. The Bertz CT molecular complexity index is 358. The van der Waals surface area contributed by atoms with Crippen LogP contribution in [0.5, 0.6) is 0 Å². The third-order valence-electron chi connectivity index (χ3n) is 3.61. The van der Waals surface area contributed by atoms with Crippen molar-refractivity contribution in [3.05, 3.63) is 0 Å². The number of methoxy groups -OCH3 is 1. The van der Waals surface area contributed by atoms with Crippen LogP contribution in [-0.4, -0.2) is 63.8 Å². The number of nitrogens with one attached hydrogen (secondary N) is 1. The number of aliphatic imine (C=N–C) groups is 1. The van der Waals surface area contributed by atoms with Crippen molar-refractivity contribution in [2.24, 2.45) is 22.7 Å². The van der Waals surface area contributed by atoms with Gasteiger partial charge < -0.3 is 19.7 Å². The summed E-state index contributed by atoms with van der Waals surface area (Å²) in [5, 5.41) is 3.28. The quantitative estimate of drug-likeness (QED) is 0.343. The van der Waals surface area contributed by atoms with E-state index in [1.165, 1.54) is 7.11 Å². The second-order valence-corrected chi connectivity index (χ2v) is 5.95. The second-order valence-electron chi connectivity index (χ2n) is 5.95. The summed E-state index contributed by atoms with van der Waals surface area (Å²) in [5.74, 6) is 1.42. The molecule has 0 aromatic carbocycles. The lowest BCUT2D eigenvalue weighted by Crippen LogP contribution is -2.42. The average Bonchev–Trinajstić information content (AvgIpc) is 2.83. The fourth-order valence-electron chi connectivity index (χ4n) is 2.48. The summed E-state index contributed by atoms with van der Waals surface area (Å²) in [4.78, 5) is 18.1. The SMILES string of the molecule is CN=C(NCCOCC(C)C)N1CC(C)C(C(=O)OC)C1. The lowest BCUT2D eigenvalue weighted by molar-refractivity contribution is -0.145. The minimum atomic E-state index is -0.138. The number of guanidine groups is 1. The number of ether oxygens (including phenoxy) is 2. The summed E-state index contributed by atoms with van der Waals surface area (Å²) >= 11 is 0. The first-order chi connectivity index (χ1) is 9.99. The lowest BCUT2D eigenvalue weighted by atomic mass is 9.99. The molecule has 6 heteroatoms. The third-order valence-corrected chi connectivity index (χ3v) is 3.61. The molecule has 0 aliphatic carbocycles. The van der Waals surface area contributed by atoms with Gasteiger partial charge in [-0.05, 0) is 11.8 Å². The smallest absolute Gasteiger partial charge is 0.310 e. The van der Waals surface area contributed by atoms with Crippen molar-refractivity contribution in [1.29, 1.82) is 0 Å². The maximum absolute atomic E-state index is 11.7. The third kappa shape index (κ3) is 5.53. The molecule has 1 saturated heterocycles. The van der Waals surface area contributed by atoms with Gasteiger partial charge in [0.2, 0.25) is 0 Å². The standard InChI is InChI=1S/C15H29N3O3/c1-11(2)10-21-7-6-17-15(16-4)18-8-12(3)13(9-18)14(19)20-5/h11-13H,6-10H2,1-5H3,(H,16,17). The Morgan fingerprint density at radius 2 is 2.14 bits per heavy atom. The lowest BCUT2D eigenvalue weighted by Gasteiger charge is -2.21. The summed E-state index contributed by atoms with van der Waals surface area (Å²) in [5.41, 5.74) is 0. The molecule has 0 saturated carbocycles. The van der Waals surface area contributed by atoms with E-state index in [9.17, 15) is 4.79 Å². The molecule has 0 spiro atoms. The van der Waals surface area contributed by atoms with Crippen molar-refractivity contribution in [2.45, 2.75) is 20.8 Å². The molecule has 6 nitrogen and oxygen atoms in total.